The number of aromatic nitrogens is 3. The third-order valence-corrected chi connectivity index (χ3v) is 4.73. The lowest BCUT2D eigenvalue weighted by Crippen LogP contribution is -2.34. The summed E-state index contributed by atoms with van der Waals surface area (Å²) in [5.41, 5.74) is 2.93. The number of amides is 1. The predicted molar refractivity (Wildman–Crippen MR) is 90.4 cm³/mol. The standard InChI is InChI=1S/C15H21N5O3S/c1-9-13-11(15(21)16-6-7-17-24(3,22)23)8-12(10-4-5-10)18-14(13)20(2)19-9/h8,10,17H,4-7H2,1-3H3,(H,16,21). The summed E-state index contributed by atoms with van der Waals surface area (Å²) < 4.78 is 26.1. The predicted octanol–water partition coefficient (Wildman–Crippen LogP) is 0.433. The van der Waals surface area contributed by atoms with Crippen LogP contribution in [0.4, 0.5) is 0 Å². The fourth-order valence-electron chi connectivity index (χ4n) is 2.74. The molecule has 0 aliphatic heterocycles. The van der Waals surface area contributed by atoms with E-state index in [9.17, 15) is 13.2 Å². The highest BCUT2D eigenvalue weighted by atomic mass is 32.2. The van der Waals surface area contributed by atoms with Crippen molar-refractivity contribution in [1.82, 2.24) is 24.8 Å². The van der Waals surface area contributed by atoms with Gasteiger partial charge in [-0.05, 0) is 25.8 Å². The summed E-state index contributed by atoms with van der Waals surface area (Å²) in [7, 11) is -1.44. The number of fused-ring (bicyclic) bond motifs is 1. The van der Waals surface area contributed by atoms with Crippen molar-refractivity contribution in [2.24, 2.45) is 7.05 Å². The molecule has 0 atom stereocenters. The molecule has 1 aliphatic rings. The van der Waals surface area contributed by atoms with Gasteiger partial charge in [-0.25, -0.2) is 18.1 Å². The zero-order valence-corrected chi connectivity index (χ0v) is 14.8. The number of carbonyl (C=O) groups excluding carboxylic acids is 1. The van der Waals surface area contributed by atoms with Crippen molar-refractivity contribution >= 4 is 27.0 Å². The summed E-state index contributed by atoms with van der Waals surface area (Å²) in [4.78, 5) is 17.2. The van der Waals surface area contributed by atoms with Crippen LogP contribution < -0.4 is 10.0 Å². The minimum absolute atomic E-state index is 0.153. The topological polar surface area (TPSA) is 106 Å². The van der Waals surface area contributed by atoms with Crippen LogP contribution in [-0.4, -0.2) is 48.4 Å². The van der Waals surface area contributed by atoms with Crippen LogP contribution in [0.15, 0.2) is 6.07 Å². The van der Waals surface area contributed by atoms with Gasteiger partial charge >= 0.3 is 0 Å². The summed E-state index contributed by atoms with van der Waals surface area (Å²) in [6.45, 7) is 2.22. The number of hydrogen-bond acceptors (Lipinski definition) is 5. The van der Waals surface area contributed by atoms with Crippen LogP contribution in [0, 0.1) is 6.92 Å². The van der Waals surface area contributed by atoms with Crippen molar-refractivity contribution in [1.29, 1.82) is 0 Å². The highest BCUT2D eigenvalue weighted by Gasteiger charge is 2.28. The summed E-state index contributed by atoms with van der Waals surface area (Å²) in [5, 5.41) is 7.87. The lowest BCUT2D eigenvalue weighted by Gasteiger charge is -2.09. The van der Waals surface area contributed by atoms with E-state index >= 15 is 0 Å². The quantitative estimate of drug-likeness (QED) is 0.734. The van der Waals surface area contributed by atoms with Gasteiger partial charge in [-0.1, -0.05) is 0 Å². The molecule has 2 N–H and O–H groups in total. The Kier molecular flexibility index (Phi) is 4.31. The molecule has 8 nitrogen and oxygen atoms in total. The summed E-state index contributed by atoms with van der Waals surface area (Å²) in [6, 6.07) is 1.84. The molecule has 24 heavy (non-hydrogen) atoms. The first-order valence-electron chi connectivity index (χ1n) is 7.83. The van der Waals surface area contributed by atoms with Crippen molar-refractivity contribution in [3.63, 3.8) is 0 Å². The van der Waals surface area contributed by atoms with Gasteiger partial charge in [0.25, 0.3) is 5.91 Å². The minimum Gasteiger partial charge on any atom is -0.351 e. The Bertz CT molecular complexity index is 899. The number of pyridine rings is 1. The first-order valence-corrected chi connectivity index (χ1v) is 9.72. The molecule has 1 fully saturated rings. The van der Waals surface area contributed by atoms with Gasteiger partial charge < -0.3 is 5.32 Å². The summed E-state index contributed by atoms with van der Waals surface area (Å²) in [6.07, 6.45) is 3.27. The average Bonchev–Trinajstić information content (AvgIpc) is 3.29. The number of sulfonamides is 1. The maximum absolute atomic E-state index is 12.6. The molecule has 130 valence electrons. The van der Waals surface area contributed by atoms with E-state index < -0.39 is 10.0 Å². The molecule has 0 unspecified atom stereocenters. The summed E-state index contributed by atoms with van der Waals surface area (Å²) >= 11 is 0. The molecule has 3 rings (SSSR count). The molecule has 0 aromatic carbocycles. The Morgan fingerprint density at radius 2 is 2.08 bits per heavy atom. The number of carbonyl (C=O) groups is 1. The minimum atomic E-state index is -3.26. The fraction of sp³-hybridized carbons (Fsp3) is 0.533. The third kappa shape index (κ3) is 3.57. The lowest BCUT2D eigenvalue weighted by atomic mass is 10.1. The largest absolute Gasteiger partial charge is 0.351 e. The van der Waals surface area contributed by atoms with Crippen molar-refractivity contribution in [3.05, 3.63) is 23.0 Å². The van der Waals surface area contributed by atoms with E-state index in [-0.39, 0.29) is 19.0 Å². The third-order valence-electron chi connectivity index (χ3n) is 4.00. The second-order valence-corrected chi connectivity index (χ2v) is 8.03. The van der Waals surface area contributed by atoms with E-state index in [1.807, 2.05) is 20.0 Å². The second kappa shape index (κ2) is 6.14. The van der Waals surface area contributed by atoms with Crippen LogP contribution in [-0.2, 0) is 17.1 Å². The molecule has 1 aliphatic carbocycles. The van der Waals surface area contributed by atoms with E-state index in [2.05, 4.69) is 20.1 Å². The Morgan fingerprint density at radius 1 is 1.38 bits per heavy atom. The SMILES string of the molecule is Cc1nn(C)c2nc(C3CC3)cc(C(=O)NCCNS(C)(=O)=O)c12. The first-order chi connectivity index (χ1) is 11.3. The van der Waals surface area contributed by atoms with E-state index in [0.717, 1.165) is 35.9 Å². The molecule has 9 heteroatoms. The molecule has 1 saturated carbocycles. The number of nitrogens with one attached hydrogen (secondary N) is 2. The van der Waals surface area contributed by atoms with E-state index in [1.54, 1.807) is 4.68 Å². The van der Waals surface area contributed by atoms with Gasteiger partial charge in [-0.3, -0.25) is 9.48 Å². The maximum Gasteiger partial charge on any atom is 0.252 e. The van der Waals surface area contributed by atoms with Gasteiger partial charge in [0.05, 0.1) is 22.9 Å². The van der Waals surface area contributed by atoms with Crippen LogP contribution >= 0.6 is 0 Å². The molecule has 2 aromatic heterocycles. The van der Waals surface area contributed by atoms with Gasteiger partial charge in [-0.2, -0.15) is 5.10 Å². The molecule has 0 spiro atoms. The molecular weight excluding hydrogens is 330 g/mol. The van der Waals surface area contributed by atoms with Gasteiger partial charge in [0, 0.05) is 31.7 Å². The van der Waals surface area contributed by atoms with Gasteiger partial charge in [0.15, 0.2) is 5.65 Å². The summed E-state index contributed by atoms with van der Waals surface area (Å²) in [5.74, 6) is 0.179. The van der Waals surface area contributed by atoms with Crippen molar-refractivity contribution < 1.29 is 13.2 Å². The van der Waals surface area contributed by atoms with Crippen molar-refractivity contribution in [2.45, 2.75) is 25.7 Å². The van der Waals surface area contributed by atoms with Gasteiger partial charge in [-0.15, -0.1) is 0 Å². The van der Waals surface area contributed by atoms with E-state index in [0.29, 0.717) is 17.1 Å². The van der Waals surface area contributed by atoms with Gasteiger partial charge in [0.2, 0.25) is 10.0 Å². The molecule has 2 heterocycles. The zero-order valence-electron chi connectivity index (χ0n) is 14.0. The Balaban J connectivity index is 1.85. The molecular formula is C15H21N5O3S. The Hall–Kier alpha value is -2.00. The van der Waals surface area contributed by atoms with Crippen molar-refractivity contribution in [2.75, 3.05) is 19.3 Å². The van der Waals surface area contributed by atoms with E-state index in [1.165, 1.54) is 0 Å². The number of nitrogens with zero attached hydrogens (tertiary/aromatic N) is 3. The fourth-order valence-corrected chi connectivity index (χ4v) is 3.21. The maximum atomic E-state index is 12.6. The molecule has 2 aromatic rings. The molecule has 0 bridgehead atoms. The number of rotatable bonds is 6. The number of aryl methyl sites for hydroxylation is 2. The van der Waals surface area contributed by atoms with Crippen LogP contribution in [0.1, 0.15) is 40.5 Å². The highest BCUT2D eigenvalue weighted by molar-refractivity contribution is 7.88. The monoisotopic (exact) mass is 351 g/mol. The Labute approximate surface area is 140 Å². The second-order valence-electron chi connectivity index (χ2n) is 6.20. The molecule has 0 radical (unpaired) electrons. The van der Waals surface area contributed by atoms with Gasteiger partial charge in [0.1, 0.15) is 0 Å². The lowest BCUT2D eigenvalue weighted by molar-refractivity contribution is 0.0955. The van der Waals surface area contributed by atoms with Crippen LogP contribution in [0.5, 0.6) is 0 Å². The Morgan fingerprint density at radius 3 is 2.71 bits per heavy atom. The van der Waals surface area contributed by atoms with Crippen LogP contribution in [0.25, 0.3) is 11.0 Å². The van der Waals surface area contributed by atoms with Crippen LogP contribution in [0.2, 0.25) is 0 Å². The zero-order chi connectivity index (χ0) is 17.5. The normalized spacial score (nSPS) is 15.0. The van der Waals surface area contributed by atoms with Crippen LogP contribution in [0.3, 0.4) is 0 Å². The van der Waals surface area contributed by atoms with E-state index in [4.69, 9.17) is 0 Å². The first kappa shape index (κ1) is 16.8. The molecule has 1 amide bonds. The molecule has 0 saturated heterocycles. The average molecular weight is 351 g/mol. The number of hydrogen-bond donors (Lipinski definition) is 2. The highest BCUT2D eigenvalue weighted by Crippen LogP contribution is 2.40. The van der Waals surface area contributed by atoms with Crippen molar-refractivity contribution in [3.8, 4) is 0 Å². The smallest absolute Gasteiger partial charge is 0.252 e.